The summed E-state index contributed by atoms with van der Waals surface area (Å²) in [4.78, 5) is 38.1. The van der Waals surface area contributed by atoms with Gasteiger partial charge in [-0.05, 0) is 89.9 Å². The van der Waals surface area contributed by atoms with Gasteiger partial charge in [0.15, 0.2) is 6.10 Å². The van der Waals surface area contributed by atoms with Crippen LogP contribution in [0, 0.1) is 0 Å². The van der Waals surface area contributed by atoms with Gasteiger partial charge in [-0.3, -0.25) is 14.4 Å². The van der Waals surface area contributed by atoms with E-state index in [9.17, 15) is 14.4 Å². The molecule has 0 aromatic heterocycles. The Morgan fingerprint density at radius 2 is 0.677 bits per heavy atom. The van der Waals surface area contributed by atoms with Gasteiger partial charge in [0.05, 0.1) is 0 Å². The summed E-state index contributed by atoms with van der Waals surface area (Å²) in [6, 6.07) is 0. The van der Waals surface area contributed by atoms with Crippen LogP contribution in [0.1, 0.15) is 252 Å². The summed E-state index contributed by atoms with van der Waals surface area (Å²) >= 11 is 0. The summed E-state index contributed by atoms with van der Waals surface area (Å²) < 4.78 is 16.8. The lowest BCUT2D eigenvalue weighted by atomic mass is 10.1. The lowest BCUT2D eigenvalue weighted by Gasteiger charge is -2.18. The van der Waals surface area contributed by atoms with E-state index < -0.39 is 6.10 Å². The fourth-order valence-corrected chi connectivity index (χ4v) is 7.43. The van der Waals surface area contributed by atoms with Crippen molar-refractivity contribution in [3.05, 3.63) is 85.1 Å². The van der Waals surface area contributed by atoms with Gasteiger partial charge in [0.2, 0.25) is 0 Å². The van der Waals surface area contributed by atoms with Crippen LogP contribution in [0.5, 0.6) is 0 Å². The number of allylic oxidation sites excluding steroid dienone is 14. The second kappa shape index (κ2) is 53.2. The Labute approximate surface area is 401 Å². The molecule has 1 unspecified atom stereocenters. The summed E-state index contributed by atoms with van der Waals surface area (Å²) in [6.07, 6.45) is 68.5. The number of hydrogen-bond donors (Lipinski definition) is 0. The Morgan fingerprint density at radius 3 is 1.12 bits per heavy atom. The average molecular weight is 905 g/mol. The van der Waals surface area contributed by atoms with Gasteiger partial charge in [-0.15, -0.1) is 0 Å². The van der Waals surface area contributed by atoms with Crippen molar-refractivity contribution in [3.8, 4) is 0 Å². The number of ether oxygens (including phenoxy) is 3. The Balaban J connectivity index is 4.43. The van der Waals surface area contributed by atoms with Crippen molar-refractivity contribution in [2.24, 2.45) is 0 Å². The maximum Gasteiger partial charge on any atom is 0.306 e. The molecule has 0 aliphatic heterocycles. The van der Waals surface area contributed by atoms with Gasteiger partial charge >= 0.3 is 17.9 Å². The minimum atomic E-state index is -0.796. The number of hydrogen-bond acceptors (Lipinski definition) is 6. The normalized spacial score (nSPS) is 12.7. The molecule has 6 heteroatoms. The maximum absolute atomic E-state index is 12.8. The molecule has 0 heterocycles. The Morgan fingerprint density at radius 1 is 0.338 bits per heavy atom. The molecule has 0 fully saturated rings. The van der Waals surface area contributed by atoms with Crippen molar-refractivity contribution >= 4 is 17.9 Å². The zero-order valence-electron chi connectivity index (χ0n) is 42.5. The minimum absolute atomic E-state index is 0.0934. The number of unbranched alkanes of at least 4 members (excludes halogenated alkanes) is 26. The number of esters is 3. The first-order chi connectivity index (χ1) is 32.0. The van der Waals surface area contributed by atoms with Gasteiger partial charge in [-0.25, -0.2) is 0 Å². The number of carbonyl (C=O) groups excluding carboxylic acids is 3. The summed E-state index contributed by atoms with van der Waals surface area (Å²) in [5, 5.41) is 0. The molecule has 0 aliphatic rings. The van der Waals surface area contributed by atoms with Gasteiger partial charge in [0.25, 0.3) is 0 Å². The molecule has 0 bridgehead atoms. The van der Waals surface area contributed by atoms with Crippen LogP contribution in [0.3, 0.4) is 0 Å². The molecule has 0 N–H and O–H groups in total. The SMILES string of the molecule is CC\C=C/C=C\C=C/C=C\CCCCCCCC(=O)OC(COC(=O)CCCCCCC/C=C\CCCCCCCCCCC)COC(=O)CCCCCCCCC/C=C\C/C=C\CC. The first kappa shape index (κ1) is 61.6. The molecule has 65 heavy (non-hydrogen) atoms. The number of carbonyl (C=O) groups is 3. The van der Waals surface area contributed by atoms with Crippen LogP contribution in [0.15, 0.2) is 85.1 Å². The third-order valence-electron chi connectivity index (χ3n) is 11.5. The number of rotatable bonds is 48. The molecule has 0 aliphatic carbocycles. The molecule has 0 radical (unpaired) electrons. The smallest absolute Gasteiger partial charge is 0.306 e. The van der Waals surface area contributed by atoms with Gasteiger partial charge in [0, 0.05) is 19.3 Å². The van der Waals surface area contributed by atoms with E-state index in [0.717, 1.165) is 109 Å². The fraction of sp³-hybridized carbons (Fsp3) is 0.712. The van der Waals surface area contributed by atoms with Crippen molar-refractivity contribution in [2.45, 2.75) is 258 Å². The maximum atomic E-state index is 12.8. The third-order valence-corrected chi connectivity index (χ3v) is 11.5. The highest BCUT2D eigenvalue weighted by Crippen LogP contribution is 2.15. The standard InChI is InChI=1S/C59H100O6/c1-4-7-10-13-16-19-22-25-28-29-30-32-34-37-40-43-46-49-52-58(61)64-55-56(54-63-57(60)51-48-45-42-39-36-33-27-24-21-18-15-12-9-6-3)65-59(62)53-50-47-44-41-38-35-31-26-23-20-17-14-11-8-5-2/h8-9,11-12,14,17-18,20-21,23,26,30-32,56H,4-7,10,13,15-16,19,22,24-25,27-29,33-55H2,1-3H3/b11-8-,12-9-,17-14-,21-18-,23-20-,31-26-,32-30-. The second-order valence-corrected chi connectivity index (χ2v) is 17.8. The van der Waals surface area contributed by atoms with Gasteiger partial charge in [0.1, 0.15) is 13.2 Å². The zero-order chi connectivity index (χ0) is 47.2. The molecule has 0 aromatic rings. The second-order valence-electron chi connectivity index (χ2n) is 17.8. The van der Waals surface area contributed by atoms with Gasteiger partial charge in [-0.1, -0.05) is 228 Å². The van der Waals surface area contributed by atoms with Crippen molar-refractivity contribution in [1.29, 1.82) is 0 Å². The monoisotopic (exact) mass is 905 g/mol. The molecule has 0 spiro atoms. The summed E-state index contributed by atoms with van der Waals surface area (Å²) in [5.41, 5.74) is 0. The molecule has 6 nitrogen and oxygen atoms in total. The molecular weight excluding hydrogens is 805 g/mol. The van der Waals surface area contributed by atoms with Crippen molar-refractivity contribution in [1.82, 2.24) is 0 Å². The zero-order valence-corrected chi connectivity index (χ0v) is 42.5. The first-order valence-electron chi connectivity index (χ1n) is 27.1. The van der Waals surface area contributed by atoms with E-state index in [2.05, 4.69) is 87.6 Å². The van der Waals surface area contributed by atoms with Crippen LogP contribution < -0.4 is 0 Å². The van der Waals surface area contributed by atoms with Crippen LogP contribution in [0.2, 0.25) is 0 Å². The Kier molecular flexibility index (Phi) is 50.4. The van der Waals surface area contributed by atoms with Crippen molar-refractivity contribution in [2.75, 3.05) is 13.2 Å². The predicted octanol–water partition coefficient (Wildman–Crippen LogP) is 18.0. The fourth-order valence-electron chi connectivity index (χ4n) is 7.43. The average Bonchev–Trinajstić information content (AvgIpc) is 3.30. The minimum Gasteiger partial charge on any atom is -0.462 e. The summed E-state index contributed by atoms with van der Waals surface area (Å²) in [5.74, 6) is -0.931. The van der Waals surface area contributed by atoms with Crippen molar-refractivity contribution in [3.63, 3.8) is 0 Å². The van der Waals surface area contributed by atoms with Gasteiger partial charge in [-0.2, -0.15) is 0 Å². The topological polar surface area (TPSA) is 78.9 Å². The van der Waals surface area contributed by atoms with Gasteiger partial charge < -0.3 is 14.2 Å². The van der Waals surface area contributed by atoms with Crippen LogP contribution in [0.4, 0.5) is 0 Å². The third kappa shape index (κ3) is 51.4. The Bertz CT molecular complexity index is 1270. The molecular formula is C59H100O6. The van der Waals surface area contributed by atoms with E-state index in [1.54, 1.807) is 0 Å². The van der Waals surface area contributed by atoms with Crippen LogP contribution in [0.25, 0.3) is 0 Å². The Hall–Kier alpha value is -3.41. The lowest BCUT2D eigenvalue weighted by Crippen LogP contribution is -2.30. The van der Waals surface area contributed by atoms with Crippen LogP contribution >= 0.6 is 0 Å². The van der Waals surface area contributed by atoms with E-state index in [0.29, 0.717) is 19.3 Å². The lowest BCUT2D eigenvalue weighted by molar-refractivity contribution is -0.167. The highest BCUT2D eigenvalue weighted by atomic mass is 16.6. The largest absolute Gasteiger partial charge is 0.462 e. The summed E-state index contributed by atoms with van der Waals surface area (Å²) in [6.45, 7) is 6.37. The highest BCUT2D eigenvalue weighted by Gasteiger charge is 2.19. The molecule has 0 rings (SSSR count). The molecule has 0 amide bonds. The highest BCUT2D eigenvalue weighted by molar-refractivity contribution is 5.71. The van der Waals surface area contributed by atoms with Crippen molar-refractivity contribution < 1.29 is 28.6 Å². The van der Waals surface area contributed by atoms with Crippen LogP contribution in [-0.2, 0) is 28.6 Å². The predicted molar refractivity (Wildman–Crippen MR) is 279 cm³/mol. The summed E-state index contributed by atoms with van der Waals surface area (Å²) in [7, 11) is 0. The molecule has 372 valence electrons. The molecule has 1 atom stereocenters. The van der Waals surface area contributed by atoms with E-state index in [4.69, 9.17) is 14.2 Å². The van der Waals surface area contributed by atoms with E-state index in [1.165, 1.54) is 103 Å². The molecule has 0 aromatic carbocycles. The molecule has 0 saturated carbocycles. The van der Waals surface area contributed by atoms with Crippen LogP contribution in [-0.4, -0.2) is 37.2 Å². The van der Waals surface area contributed by atoms with E-state index in [1.807, 2.05) is 18.2 Å². The molecule has 0 saturated heterocycles. The first-order valence-corrected chi connectivity index (χ1v) is 27.1. The van der Waals surface area contributed by atoms with E-state index >= 15 is 0 Å². The quantitative estimate of drug-likeness (QED) is 0.0199. The van der Waals surface area contributed by atoms with E-state index in [-0.39, 0.29) is 31.1 Å².